The topological polar surface area (TPSA) is 80.9 Å². The van der Waals surface area contributed by atoms with Gasteiger partial charge >= 0.3 is 0 Å². The molecule has 1 unspecified atom stereocenters. The number of nitrogens with zero attached hydrogens (tertiary/aromatic N) is 2. The van der Waals surface area contributed by atoms with Crippen LogP contribution in [0.5, 0.6) is 0 Å². The van der Waals surface area contributed by atoms with Crippen LogP contribution in [0, 0.1) is 0 Å². The molecule has 0 aliphatic rings. The van der Waals surface area contributed by atoms with Gasteiger partial charge in [-0.3, -0.25) is 4.79 Å². The second-order valence-corrected chi connectivity index (χ2v) is 3.25. The zero-order chi connectivity index (χ0) is 10.6. The molecule has 0 aromatic carbocycles. The Morgan fingerprint density at radius 2 is 2.14 bits per heavy atom. The summed E-state index contributed by atoms with van der Waals surface area (Å²) in [5.41, 5.74) is 4.48. The van der Waals surface area contributed by atoms with Crippen LogP contribution < -0.4 is 11.1 Å². The first-order chi connectivity index (χ1) is 6.58. The molecule has 0 aliphatic carbocycles. The van der Waals surface area contributed by atoms with Gasteiger partial charge in [-0.1, -0.05) is 6.92 Å². The van der Waals surface area contributed by atoms with Gasteiger partial charge in [-0.15, -0.1) is 0 Å². The van der Waals surface area contributed by atoms with Crippen LogP contribution in [-0.4, -0.2) is 21.4 Å². The highest BCUT2D eigenvalue weighted by Crippen LogP contribution is 2.13. The largest absolute Gasteiger partial charge is 0.368 e. The van der Waals surface area contributed by atoms with Crippen LogP contribution in [0.25, 0.3) is 0 Å². The standard InChI is InChI=1S/C9H14N4O/c1-3-9(2,7(10)14)13-8-11-5-4-6-12-8/h4-6H,3H2,1-2H3,(H2,10,14)(H,11,12,13). The number of anilines is 1. The van der Waals surface area contributed by atoms with Gasteiger partial charge in [0.1, 0.15) is 5.54 Å². The Hall–Kier alpha value is -1.65. The minimum absolute atomic E-state index is 0.410. The molecule has 0 bridgehead atoms. The fourth-order valence-corrected chi connectivity index (χ4v) is 0.935. The van der Waals surface area contributed by atoms with Crippen molar-refractivity contribution in [3.05, 3.63) is 18.5 Å². The summed E-state index contributed by atoms with van der Waals surface area (Å²) in [6, 6.07) is 1.71. The van der Waals surface area contributed by atoms with Gasteiger partial charge < -0.3 is 11.1 Å². The molecule has 1 amide bonds. The highest BCUT2D eigenvalue weighted by Gasteiger charge is 2.29. The smallest absolute Gasteiger partial charge is 0.242 e. The number of aromatic nitrogens is 2. The van der Waals surface area contributed by atoms with Gasteiger partial charge in [-0.2, -0.15) is 0 Å². The van der Waals surface area contributed by atoms with Gasteiger partial charge in [0, 0.05) is 12.4 Å². The molecular weight excluding hydrogens is 180 g/mol. The molecule has 5 nitrogen and oxygen atoms in total. The first-order valence-corrected chi connectivity index (χ1v) is 4.43. The van der Waals surface area contributed by atoms with Gasteiger partial charge in [0.2, 0.25) is 11.9 Å². The predicted octanol–water partition coefficient (Wildman–Crippen LogP) is 0.542. The Bertz CT molecular complexity index is 314. The second-order valence-electron chi connectivity index (χ2n) is 3.25. The Balaban J connectivity index is 2.81. The number of hydrogen-bond donors (Lipinski definition) is 2. The molecule has 14 heavy (non-hydrogen) atoms. The molecule has 1 atom stereocenters. The van der Waals surface area contributed by atoms with Gasteiger partial charge in [0.25, 0.3) is 0 Å². The van der Waals surface area contributed by atoms with Crippen molar-refractivity contribution in [3.63, 3.8) is 0 Å². The van der Waals surface area contributed by atoms with Crippen molar-refractivity contribution in [2.45, 2.75) is 25.8 Å². The zero-order valence-corrected chi connectivity index (χ0v) is 8.32. The Morgan fingerprint density at radius 1 is 1.57 bits per heavy atom. The predicted molar refractivity (Wildman–Crippen MR) is 53.5 cm³/mol. The summed E-state index contributed by atoms with van der Waals surface area (Å²) in [5.74, 6) is 0.00287. The van der Waals surface area contributed by atoms with E-state index in [2.05, 4.69) is 15.3 Å². The van der Waals surface area contributed by atoms with Gasteiger partial charge in [0.15, 0.2) is 0 Å². The molecule has 5 heteroatoms. The third kappa shape index (κ3) is 2.18. The first-order valence-electron chi connectivity index (χ1n) is 4.43. The van der Waals surface area contributed by atoms with Crippen LogP contribution in [0.4, 0.5) is 5.95 Å². The molecular formula is C9H14N4O. The summed E-state index contributed by atoms with van der Waals surface area (Å²) in [7, 11) is 0. The summed E-state index contributed by atoms with van der Waals surface area (Å²) >= 11 is 0. The number of nitrogens with two attached hydrogens (primary N) is 1. The van der Waals surface area contributed by atoms with E-state index >= 15 is 0 Å². The lowest BCUT2D eigenvalue weighted by molar-refractivity contribution is -0.121. The summed E-state index contributed by atoms with van der Waals surface area (Å²) in [6.45, 7) is 3.60. The average molecular weight is 194 g/mol. The maximum absolute atomic E-state index is 11.2. The normalized spacial score (nSPS) is 14.4. The number of carbonyl (C=O) groups excluding carboxylic acids is 1. The maximum Gasteiger partial charge on any atom is 0.242 e. The van der Waals surface area contributed by atoms with Crippen LogP contribution in [0.2, 0.25) is 0 Å². The lowest BCUT2D eigenvalue weighted by Crippen LogP contribution is -2.47. The average Bonchev–Trinajstić information content (AvgIpc) is 2.19. The van der Waals surface area contributed by atoms with Gasteiger partial charge in [0.05, 0.1) is 0 Å². The van der Waals surface area contributed by atoms with Crippen molar-refractivity contribution in [3.8, 4) is 0 Å². The fourth-order valence-electron chi connectivity index (χ4n) is 0.935. The molecule has 0 saturated heterocycles. The van der Waals surface area contributed by atoms with Gasteiger partial charge in [-0.25, -0.2) is 9.97 Å². The number of amides is 1. The van der Waals surface area contributed by atoms with Gasteiger partial charge in [-0.05, 0) is 19.4 Å². The van der Waals surface area contributed by atoms with Crippen molar-refractivity contribution in [2.24, 2.45) is 5.73 Å². The van der Waals surface area contributed by atoms with E-state index in [4.69, 9.17) is 5.73 Å². The van der Waals surface area contributed by atoms with Crippen LogP contribution in [0.3, 0.4) is 0 Å². The lowest BCUT2D eigenvalue weighted by atomic mass is 9.98. The highest BCUT2D eigenvalue weighted by molar-refractivity contribution is 5.86. The van der Waals surface area contributed by atoms with Crippen molar-refractivity contribution < 1.29 is 4.79 Å². The molecule has 76 valence electrons. The molecule has 1 rings (SSSR count). The summed E-state index contributed by atoms with van der Waals surface area (Å²) in [4.78, 5) is 19.1. The zero-order valence-electron chi connectivity index (χ0n) is 8.32. The van der Waals surface area contributed by atoms with E-state index in [1.54, 1.807) is 25.4 Å². The van der Waals surface area contributed by atoms with Crippen molar-refractivity contribution in [1.82, 2.24) is 9.97 Å². The van der Waals surface area contributed by atoms with E-state index in [1.807, 2.05) is 6.92 Å². The number of primary amides is 1. The Morgan fingerprint density at radius 3 is 2.57 bits per heavy atom. The molecule has 0 aliphatic heterocycles. The fraction of sp³-hybridized carbons (Fsp3) is 0.444. The SMILES string of the molecule is CCC(C)(Nc1ncccn1)C(N)=O. The first kappa shape index (κ1) is 10.4. The molecule has 0 spiro atoms. The molecule has 0 fully saturated rings. The van der Waals surface area contributed by atoms with Crippen LogP contribution in [0.1, 0.15) is 20.3 Å². The Labute approximate surface area is 82.7 Å². The number of carbonyl (C=O) groups is 1. The third-order valence-electron chi connectivity index (χ3n) is 2.20. The Kier molecular flexibility index (Phi) is 3.01. The highest BCUT2D eigenvalue weighted by atomic mass is 16.1. The van der Waals surface area contributed by atoms with Crippen molar-refractivity contribution in [1.29, 1.82) is 0 Å². The van der Waals surface area contributed by atoms with E-state index in [9.17, 15) is 4.79 Å². The van der Waals surface area contributed by atoms with Crippen LogP contribution >= 0.6 is 0 Å². The summed E-state index contributed by atoms with van der Waals surface area (Å²) in [5, 5.41) is 2.91. The minimum atomic E-state index is -0.790. The number of rotatable bonds is 4. The third-order valence-corrected chi connectivity index (χ3v) is 2.20. The quantitative estimate of drug-likeness (QED) is 0.733. The van der Waals surface area contributed by atoms with E-state index in [0.717, 1.165) is 0 Å². The van der Waals surface area contributed by atoms with Crippen LogP contribution in [-0.2, 0) is 4.79 Å². The van der Waals surface area contributed by atoms with Crippen molar-refractivity contribution >= 4 is 11.9 Å². The number of hydrogen-bond acceptors (Lipinski definition) is 4. The summed E-state index contributed by atoms with van der Waals surface area (Å²) in [6.07, 6.45) is 3.79. The van der Waals surface area contributed by atoms with E-state index in [0.29, 0.717) is 12.4 Å². The molecule has 1 aromatic heterocycles. The molecule has 1 aromatic rings. The van der Waals surface area contributed by atoms with E-state index in [-0.39, 0.29) is 0 Å². The summed E-state index contributed by atoms with van der Waals surface area (Å²) < 4.78 is 0. The van der Waals surface area contributed by atoms with E-state index < -0.39 is 11.4 Å². The molecule has 1 heterocycles. The molecule has 0 saturated carbocycles. The van der Waals surface area contributed by atoms with Crippen LogP contribution in [0.15, 0.2) is 18.5 Å². The lowest BCUT2D eigenvalue weighted by Gasteiger charge is -2.25. The van der Waals surface area contributed by atoms with E-state index in [1.165, 1.54) is 0 Å². The molecule has 0 radical (unpaired) electrons. The second kappa shape index (κ2) is 4.04. The molecule has 3 N–H and O–H groups in total. The van der Waals surface area contributed by atoms with Crippen molar-refractivity contribution in [2.75, 3.05) is 5.32 Å². The maximum atomic E-state index is 11.2. The minimum Gasteiger partial charge on any atom is -0.368 e. The monoisotopic (exact) mass is 194 g/mol. The number of nitrogens with one attached hydrogen (secondary N) is 1.